The Morgan fingerprint density at radius 3 is 2.20 bits per heavy atom. The Labute approximate surface area is 294 Å². The topological polar surface area (TPSA) is 109 Å². The van der Waals surface area contributed by atoms with Crippen LogP contribution in [0.15, 0.2) is 84.9 Å². The Morgan fingerprint density at radius 2 is 1.45 bits per heavy atom. The number of nitrogens with one attached hydrogen (secondary N) is 1. The maximum atomic E-state index is 14.9. The van der Waals surface area contributed by atoms with Crippen molar-refractivity contribution in [2.24, 2.45) is 0 Å². The van der Waals surface area contributed by atoms with Gasteiger partial charge in [0.25, 0.3) is 5.91 Å². The first-order chi connectivity index (χ1) is 24.7. The van der Waals surface area contributed by atoms with Gasteiger partial charge >= 0.3 is 18.6 Å². The van der Waals surface area contributed by atoms with Crippen LogP contribution in [-0.4, -0.2) is 44.3 Å². The summed E-state index contributed by atoms with van der Waals surface area (Å²) in [5.41, 5.74) is 2.49. The van der Waals surface area contributed by atoms with Crippen molar-refractivity contribution in [3.63, 3.8) is 0 Å². The molecule has 0 fully saturated rings. The van der Waals surface area contributed by atoms with Gasteiger partial charge in [-0.15, -0.1) is 0 Å². The van der Waals surface area contributed by atoms with E-state index in [9.17, 15) is 27.6 Å². The van der Waals surface area contributed by atoms with Crippen LogP contribution < -0.4 is 19.5 Å². The summed E-state index contributed by atoms with van der Waals surface area (Å²) in [5.74, 6) is -1.06. The van der Waals surface area contributed by atoms with Crippen LogP contribution in [0.25, 0.3) is 11.1 Å². The van der Waals surface area contributed by atoms with Crippen LogP contribution in [0.3, 0.4) is 0 Å². The minimum atomic E-state index is -3.03. The zero-order valence-corrected chi connectivity index (χ0v) is 28.4. The Kier molecular flexibility index (Phi) is 14.7. The van der Waals surface area contributed by atoms with E-state index >= 15 is 0 Å². The Hall–Kier alpha value is -5.52. The third-order valence-corrected chi connectivity index (χ3v) is 7.58. The number of rotatable bonds is 19. The van der Waals surface area contributed by atoms with Crippen molar-refractivity contribution in [2.75, 3.05) is 19.8 Å². The van der Waals surface area contributed by atoms with E-state index in [2.05, 4.69) is 10.1 Å². The van der Waals surface area contributed by atoms with E-state index in [4.69, 9.17) is 18.9 Å². The molecule has 0 saturated carbocycles. The van der Waals surface area contributed by atoms with Crippen molar-refractivity contribution in [3.8, 4) is 28.4 Å². The molecule has 9 nitrogen and oxygen atoms in total. The molecule has 0 radical (unpaired) electrons. The van der Waals surface area contributed by atoms with E-state index in [1.807, 2.05) is 6.07 Å². The van der Waals surface area contributed by atoms with Crippen LogP contribution in [0.4, 0.5) is 13.2 Å². The van der Waals surface area contributed by atoms with E-state index in [-0.39, 0.29) is 80.2 Å². The summed E-state index contributed by atoms with van der Waals surface area (Å²) in [4.78, 5) is 37.4. The molecule has 0 aromatic heterocycles. The molecule has 0 aliphatic heterocycles. The van der Waals surface area contributed by atoms with Crippen LogP contribution in [0.2, 0.25) is 0 Å². The molecule has 4 rings (SSSR count). The second-order valence-corrected chi connectivity index (χ2v) is 11.1. The Morgan fingerprint density at radius 1 is 0.765 bits per heavy atom. The average Bonchev–Trinajstić information content (AvgIpc) is 3.11. The number of halogens is 3. The van der Waals surface area contributed by atoms with Gasteiger partial charge in [-0.05, 0) is 74.2 Å². The number of hydrogen-bond acceptors (Lipinski definition) is 8. The molecule has 0 unspecified atom stereocenters. The maximum absolute atomic E-state index is 14.9. The number of hydrogen-bond donors (Lipinski definition) is 1. The zero-order valence-electron chi connectivity index (χ0n) is 28.4. The highest BCUT2D eigenvalue weighted by atomic mass is 19.3. The lowest BCUT2D eigenvalue weighted by Gasteiger charge is -2.17. The summed E-state index contributed by atoms with van der Waals surface area (Å²) >= 11 is 0. The molecule has 0 atom stereocenters. The standard InChI is InChI=1S/C39H40F3NO8/c1-3-47-36(44)17-10-20-49-35-16-9-12-27(32(35)18-19-37(45)48-4-2)25-50-30-22-28(31-13-6-7-14-33(31)40)21-29(23-30)38(46)43-24-26-11-5-8-15-34(26)51-39(41)42/h5-9,11-16,21-23,39H,3-4,10,17-20,24-25H2,1-2H3,(H,43,46). The summed E-state index contributed by atoms with van der Waals surface area (Å²) in [6, 6.07) is 22.2. The second-order valence-electron chi connectivity index (χ2n) is 11.1. The highest BCUT2D eigenvalue weighted by molar-refractivity contribution is 5.96. The lowest BCUT2D eigenvalue weighted by molar-refractivity contribution is -0.144. The van der Waals surface area contributed by atoms with Crippen molar-refractivity contribution in [1.82, 2.24) is 5.32 Å². The fourth-order valence-electron chi connectivity index (χ4n) is 5.22. The minimum Gasteiger partial charge on any atom is -0.493 e. The summed E-state index contributed by atoms with van der Waals surface area (Å²) in [6.07, 6.45) is 0.988. The largest absolute Gasteiger partial charge is 0.493 e. The van der Waals surface area contributed by atoms with Crippen LogP contribution in [-0.2, 0) is 38.6 Å². The van der Waals surface area contributed by atoms with Gasteiger partial charge < -0.3 is 29.0 Å². The molecular weight excluding hydrogens is 667 g/mol. The third kappa shape index (κ3) is 11.8. The molecule has 1 amide bonds. The second kappa shape index (κ2) is 19.6. The number of carbonyl (C=O) groups is 3. The first-order valence-electron chi connectivity index (χ1n) is 16.6. The summed E-state index contributed by atoms with van der Waals surface area (Å²) in [5, 5.41) is 2.71. The molecule has 4 aromatic rings. The normalized spacial score (nSPS) is 10.8. The number of carbonyl (C=O) groups excluding carboxylic acids is 3. The number of benzene rings is 4. The lowest BCUT2D eigenvalue weighted by atomic mass is 10.0. The predicted octanol–water partition coefficient (Wildman–Crippen LogP) is 7.82. The molecule has 0 spiro atoms. The van der Waals surface area contributed by atoms with Gasteiger partial charge in [0.05, 0.1) is 19.8 Å². The number of amides is 1. The Balaban J connectivity index is 1.59. The number of para-hydroxylation sites is 1. The molecule has 270 valence electrons. The summed E-state index contributed by atoms with van der Waals surface area (Å²) < 4.78 is 67.7. The van der Waals surface area contributed by atoms with E-state index in [0.29, 0.717) is 41.0 Å². The molecular formula is C39H40F3NO8. The van der Waals surface area contributed by atoms with Crippen LogP contribution >= 0.6 is 0 Å². The first-order valence-corrected chi connectivity index (χ1v) is 16.6. The maximum Gasteiger partial charge on any atom is 0.387 e. The van der Waals surface area contributed by atoms with Gasteiger partial charge in [-0.1, -0.05) is 48.5 Å². The monoisotopic (exact) mass is 707 g/mol. The van der Waals surface area contributed by atoms with Crippen molar-refractivity contribution in [3.05, 3.63) is 113 Å². The van der Waals surface area contributed by atoms with Crippen molar-refractivity contribution in [1.29, 1.82) is 0 Å². The molecule has 51 heavy (non-hydrogen) atoms. The van der Waals surface area contributed by atoms with Gasteiger partial charge in [0, 0.05) is 41.6 Å². The van der Waals surface area contributed by atoms with E-state index in [0.717, 1.165) is 0 Å². The summed E-state index contributed by atoms with van der Waals surface area (Å²) in [6.45, 7) is 1.08. The highest BCUT2D eigenvalue weighted by Gasteiger charge is 2.17. The summed E-state index contributed by atoms with van der Waals surface area (Å²) in [7, 11) is 0. The highest BCUT2D eigenvalue weighted by Crippen LogP contribution is 2.31. The van der Waals surface area contributed by atoms with Gasteiger partial charge in [0.15, 0.2) is 0 Å². The molecule has 0 saturated heterocycles. The average molecular weight is 708 g/mol. The van der Waals surface area contributed by atoms with E-state index in [1.165, 1.54) is 24.3 Å². The molecule has 12 heteroatoms. The van der Waals surface area contributed by atoms with E-state index < -0.39 is 18.3 Å². The molecule has 1 N–H and O–H groups in total. The van der Waals surface area contributed by atoms with Crippen LogP contribution in [0.5, 0.6) is 17.2 Å². The van der Waals surface area contributed by atoms with Crippen molar-refractivity contribution >= 4 is 17.8 Å². The molecule has 0 aliphatic carbocycles. The van der Waals surface area contributed by atoms with Gasteiger partial charge in [-0.25, -0.2) is 4.39 Å². The quantitative estimate of drug-likeness (QED) is 0.0777. The lowest BCUT2D eigenvalue weighted by Crippen LogP contribution is -2.23. The van der Waals surface area contributed by atoms with Crippen molar-refractivity contribution in [2.45, 2.75) is 59.3 Å². The Bertz CT molecular complexity index is 1780. The molecule has 0 heterocycles. The predicted molar refractivity (Wildman–Crippen MR) is 183 cm³/mol. The smallest absolute Gasteiger partial charge is 0.387 e. The van der Waals surface area contributed by atoms with Crippen molar-refractivity contribution < 1.29 is 51.2 Å². The van der Waals surface area contributed by atoms with E-state index in [1.54, 1.807) is 68.4 Å². The van der Waals surface area contributed by atoms with Crippen LogP contribution in [0.1, 0.15) is 60.2 Å². The molecule has 4 aromatic carbocycles. The fraction of sp³-hybridized carbons (Fsp3) is 0.308. The zero-order chi connectivity index (χ0) is 36.6. The fourth-order valence-corrected chi connectivity index (χ4v) is 5.22. The van der Waals surface area contributed by atoms with Gasteiger partial charge in [0.2, 0.25) is 0 Å². The third-order valence-electron chi connectivity index (χ3n) is 7.58. The van der Waals surface area contributed by atoms with Gasteiger partial charge in [-0.3, -0.25) is 14.4 Å². The number of ether oxygens (including phenoxy) is 5. The number of alkyl halides is 2. The molecule has 0 aliphatic rings. The number of esters is 2. The first kappa shape index (κ1) is 38.3. The molecule has 0 bridgehead atoms. The van der Waals surface area contributed by atoms with Crippen LogP contribution in [0, 0.1) is 5.82 Å². The van der Waals surface area contributed by atoms with Gasteiger partial charge in [-0.2, -0.15) is 8.78 Å². The SMILES string of the molecule is CCOC(=O)CCCOc1cccc(COc2cc(C(=O)NCc3ccccc3OC(F)F)cc(-c3ccccc3F)c2)c1CCC(=O)OCC. The minimum absolute atomic E-state index is 0.00168. The van der Waals surface area contributed by atoms with Gasteiger partial charge in [0.1, 0.15) is 29.7 Å².